The van der Waals surface area contributed by atoms with Gasteiger partial charge in [-0.2, -0.15) is 0 Å². The van der Waals surface area contributed by atoms with Crippen molar-refractivity contribution in [2.45, 2.75) is 12.5 Å². The van der Waals surface area contributed by atoms with Crippen molar-refractivity contribution in [2.24, 2.45) is 0 Å². The van der Waals surface area contributed by atoms with Crippen LogP contribution in [0.2, 0.25) is 0 Å². The van der Waals surface area contributed by atoms with Crippen molar-refractivity contribution < 1.29 is 19.3 Å². The van der Waals surface area contributed by atoms with Crippen LogP contribution in [-0.2, 0) is 10.3 Å². The number of hydrogen-bond acceptors (Lipinski definition) is 5. The Morgan fingerprint density at radius 2 is 1.88 bits per heavy atom. The Bertz CT molecular complexity index is 942. The maximum atomic E-state index is 12.4. The van der Waals surface area contributed by atoms with Crippen molar-refractivity contribution in [3.05, 3.63) is 69.8 Å². The number of amides is 4. The molecule has 1 atom stereocenters. The molecule has 0 radical (unpaired) electrons. The number of carbonyl (C=O) groups excluding carboxylic acids is 3. The second-order valence-corrected chi connectivity index (χ2v) is 5.84. The smallest absolute Gasteiger partial charge is 0.322 e. The Balaban J connectivity index is 1.88. The van der Waals surface area contributed by atoms with Crippen molar-refractivity contribution in [2.75, 3.05) is 5.32 Å². The van der Waals surface area contributed by atoms with Gasteiger partial charge in [0.15, 0.2) is 0 Å². The SMILES string of the molecule is CC1(c2cccc(NC(=O)c3ccccc3[N+](=O)[O-])c2)NC(=O)NC1=O. The van der Waals surface area contributed by atoms with Crippen LogP contribution in [0.15, 0.2) is 48.5 Å². The van der Waals surface area contributed by atoms with Gasteiger partial charge in [-0.25, -0.2) is 4.79 Å². The highest BCUT2D eigenvalue weighted by Crippen LogP contribution is 2.27. The minimum atomic E-state index is -1.27. The number of anilines is 1. The average molecular weight is 354 g/mol. The number of para-hydroxylation sites is 1. The number of nitro groups is 1. The second kappa shape index (κ2) is 6.28. The first-order chi connectivity index (χ1) is 12.3. The van der Waals surface area contributed by atoms with Gasteiger partial charge in [-0.3, -0.25) is 25.0 Å². The van der Waals surface area contributed by atoms with Gasteiger partial charge in [0.05, 0.1) is 4.92 Å². The molecule has 0 aliphatic carbocycles. The van der Waals surface area contributed by atoms with Crippen LogP contribution in [-0.4, -0.2) is 22.8 Å². The number of nitro benzene ring substituents is 1. The van der Waals surface area contributed by atoms with E-state index in [9.17, 15) is 24.5 Å². The Morgan fingerprint density at radius 1 is 1.15 bits per heavy atom. The number of rotatable bonds is 4. The summed E-state index contributed by atoms with van der Waals surface area (Å²) < 4.78 is 0. The number of nitrogens with zero attached hydrogens (tertiary/aromatic N) is 1. The van der Waals surface area contributed by atoms with Gasteiger partial charge in [-0.1, -0.05) is 24.3 Å². The molecule has 2 aromatic rings. The average Bonchev–Trinajstić information content (AvgIpc) is 2.88. The summed E-state index contributed by atoms with van der Waals surface area (Å²) >= 11 is 0. The molecule has 1 fully saturated rings. The van der Waals surface area contributed by atoms with Crippen molar-refractivity contribution in [1.82, 2.24) is 10.6 Å². The minimum Gasteiger partial charge on any atom is -0.322 e. The standard InChI is InChI=1S/C17H14N4O5/c1-17(15(23)19-16(24)20-17)10-5-4-6-11(9-10)18-14(22)12-7-2-3-8-13(12)21(25)26/h2-9H,1H3,(H,18,22)(H2,19,20,23,24). The van der Waals surface area contributed by atoms with E-state index >= 15 is 0 Å². The Morgan fingerprint density at radius 3 is 2.54 bits per heavy atom. The largest absolute Gasteiger partial charge is 0.322 e. The topological polar surface area (TPSA) is 130 Å². The number of nitrogens with one attached hydrogen (secondary N) is 3. The number of imide groups is 1. The molecular weight excluding hydrogens is 340 g/mol. The third kappa shape index (κ3) is 2.97. The summed E-state index contributed by atoms with van der Waals surface area (Å²) in [5, 5.41) is 18.3. The fourth-order valence-corrected chi connectivity index (χ4v) is 2.68. The maximum Gasteiger partial charge on any atom is 0.322 e. The van der Waals surface area contributed by atoms with Gasteiger partial charge in [-0.15, -0.1) is 0 Å². The normalized spacial score (nSPS) is 18.8. The van der Waals surface area contributed by atoms with Crippen LogP contribution in [0.4, 0.5) is 16.2 Å². The first-order valence-electron chi connectivity index (χ1n) is 7.60. The lowest BCUT2D eigenvalue weighted by Crippen LogP contribution is -2.40. The van der Waals surface area contributed by atoms with E-state index in [0.29, 0.717) is 11.3 Å². The van der Waals surface area contributed by atoms with Crippen LogP contribution < -0.4 is 16.0 Å². The van der Waals surface area contributed by atoms with Crippen LogP contribution in [0, 0.1) is 10.1 Å². The highest BCUT2D eigenvalue weighted by Gasteiger charge is 2.43. The molecule has 3 N–H and O–H groups in total. The van der Waals surface area contributed by atoms with Crippen molar-refractivity contribution in [3.8, 4) is 0 Å². The van der Waals surface area contributed by atoms with E-state index in [1.54, 1.807) is 18.2 Å². The van der Waals surface area contributed by atoms with E-state index in [2.05, 4.69) is 16.0 Å². The zero-order chi connectivity index (χ0) is 18.9. The molecule has 1 aliphatic rings. The van der Waals surface area contributed by atoms with E-state index in [0.717, 1.165) is 0 Å². The zero-order valence-electron chi connectivity index (χ0n) is 13.6. The lowest BCUT2D eigenvalue weighted by molar-refractivity contribution is -0.385. The first-order valence-corrected chi connectivity index (χ1v) is 7.60. The molecule has 1 heterocycles. The summed E-state index contributed by atoms with van der Waals surface area (Å²) in [5.74, 6) is -1.16. The highest BCUT2D eigenvalue weighted by molar-refractivity contribution is 6.08. The van der Waals surface area contributed by atoms with Crippen molar-refractivity contribution in [1.29, 1.82) is 0 Å². The molecule has 132 valence electrons. The fourth-order valence-electron chi connectivity index (χ4n) is 2.68. The molecule has 3 rings (SSSR count). The third-order valence-electron chi connectivity index (χ3n) is 4.09. The van der Waals surface area contributed by atoms with E-state index in [-0.39, 0.29) is 11.3 Å². The molecule has 0 bridgehead atoms. The predicted octanol–water partition coefficient (Wildman–Crippen LogP) is 1.90. The monoisotopic (exact) mass is 354 g/mol. The molecule has 26 heavy (non-hydrogen) atoms. The van der Waals surface area contributed by atoms with Gasteiger partial charge in [-0.05, 0) is 30.7 Å². The van der Waals surface area contributed by atoms with Gasteiger partial charge in [0, 0.05) is 11.8 Å². The zero-order valence-corrected chi connectivity index (χ0v) is 13.6. The summed E-state index contributed by atoms with van der Waals surface area (Å²) in [6.45, 7) is 1.54. The summed E-state index contributed by atoms with van der Waals surface area (Å²) in [7, 11) is 0. The van der Waals surface area contributed by atoms with Gasteiger partial charge < -0.3 is 10.6 Å². The van der Waals surface area contributed by atoms with Crippen LogP contribution in [0.25, 0.3) is 0 Å². The lowest BCUT2D eigenvalue weighted by Gasteiger charge is -2.21. The Hall–Kier alpha value is -3.75. The molecule has 1 unspecified atom stereocenters. The molecule has 1 saturated heterocycles. The van der Waals surface area contributed by atoms with E-state index in [4.69, 9.17) is 0 Å². The Kier molecular flexibility index (Phi) is 4.13. The quantitative estimate of drug-likeness (QED) is 0.438. The number of urea groups is 1. The van der Waals surface area contributed by atoms with Gasteiger partial charge in [0.1, 0.15) is 11.1 Å². The van der Waals surface area contributed by atoms with E-state index < -0.39 is 28.3 Å². The molecule has 4 amide bonds. The van der Waals surface area contributed by atoms with Crippen LogP contribution in [0.1, 0.15) is 22.8 Å². The van der Waals surface area contributed by atoms with Gasteiger partial charge >= 0.3 is 6.03 Å². The van der Waals surface area contributed by atoms with Crippen molar-refractivity contribution in [3.63, 3.8) is 0 Å². The number of carbonyl (C=O) groups is 3. The summed E-state index contributed by atoms with van der Waals surface area (Å²) in [6, 6.07) is 11.3. The number of hydrogen-bond donors (Lipinski definition) is 3. The highest BCUT2D eigenvalue weighted by atomic mass is 16.6. The molecule has 9 heteroatoms. The van der Waals surface area contributed by atoms with E-state index in [1.807, 2.05) is 0 Å². The van der Waals surface area contributed by atoms with Gasteiger partial charge in [0.25, 0.3) is 17.5 Å². The molecule has 1 aliphatic heterocycles. The molecule has 0 spiro atoms. The van der Waals surface area contributed by atoms with Crippen molar-refractivity contribution >= 4 is 29.2 Å². The third-order valence-corrected chi connectivity index (χ3v) is 4.09. The molecule has 0 saturated carbocycles. The molecule has 2 aromatic carbocycles. The number of benzene rings is 2. The summed E-state index contributed by atoms with van der Waals surface area (Å²) in [6.07, 6.45) is 0. The van der Waals surface area contributed by atoms with Crippen LogP contribution in [0.5, 0.6) is 0 Å². The lowest BCUT2D eigenvalue weighted by atomic mass is 9.92. The predicted molar refractivity (Wildman–Crippen MR) is 91.5 cm³/mol. The molecular formula is C17H14N4O5. The second-order valence-electron chi connectivity index (χ2n) is 5.84. The minimum absolute atomic E-state index is 0.0824. The maximum absolute atomic E-state index is 12.4. The summed E-state index contributed by atoms with van der Waals surface area (Å²) in [5.41, 5.74) is -0.866. The first kappa shape index (κ1) is 17.1. The summed E-state index contributed by atoms with van der Waals surface area (Å²) in [4.78, 5) is 46.3. The fraction of sp³-hybridized carbons (Fsp3) is 0.118. The van der Waals surface area contributed by atoms with Crippen LogP contribution in [0.3, 0.4) is 0 Å². The molecule has 0 aromatic heterocycles. The Labute approximate surface area is 147 Å². The van der Waals surface area contributed by atoms with Crippen LogP contribution >= 0.6 is 0 Å². The van der Waals surface area contributed by atoms with Gasteiger partial charge in [0.2, 0.25) is 0 Å². The molecule has 9 nitrogen and oxygen atoms in total. The van der Waals surface area contributed by atoms with E-state index in [1.165, 1.54) is 37.3 Å².